The van der Waals surface area contributed by atoms with E-state index >= 15 is 0 Å². The first-order valence-corrected chi connectivity index (χ1v) is 8.86. The number of rotatable bonds is 5. The molecule has 0 amide bonds. The maximum Gasteiger partial charge on any atom is 0.130 e. The number of ether oxygens (including phenoxy) is 1. The average molecular weight is 330 g/mol. The summed E-state index contributed by atoms with van der Waals surface area (Å²) >= 11 is 0. The summed E-state index contributed by atoms with van der Waals surface area (Å²) in [6.45, 7) is 0.840. The van der Waals surface area contributed by atoms with E-state index in [1.165, 1.54) is 36.0 Å². The van der Waals surface area contributed by atoms with E-state index in [9.17, 15) is 0 Å². The molecular formula is C22H22N2O. The highest BCUT2D eigenvalue weighted by Gasteiger charge is 2.18. The van der Waals surface area contributed by atoms with Crippen LogP contribution in [0.15, 0.2) is 73.1 Å². The Labute approximate surface area is 148 Å². The van der Waals surface area contributed by atoms with E-state index in [2.05, 4.69) is 46.7 Å². The normalized spacial score (nSPS) is 16.2. The largest absolute Gasteiger partial charge is 0.457 e. The van der Waals surface area contributed by atoms with Crippen molar-refractivity contribution < 1.29 is 4.74 Å². The van der Waals surface area contributed by atoms with E-state index in [4.69, 9.17) is 4.74 Å². The van der Waals surface area contributed by atoms with Gasteiger partial charge in [-0.25, -0.2) is 0 Å². The summed E-state index contributed by atoms with van der Waals surface area (Å²) in [6.07, 6.45) is 7.12. The van der Waals surface area contributed by atoms with Crippen LogP contribution in [0.5, 0.6) is 11.5 Å². The molecule has 0 saturated heterocycles. The first-order valence-electron chi connectivity index (χ1n) is 8.86. The topological polar surface area (TPSA) is 34.1 Å². The molecule has 0 aliphatic heterocycles. The zero-order valence-electron chi connectivity index (χ0n) is 14.2. The quantitative estimate of drug-likeness (QED) is 0.711. The van der Waals surface area contributed by atoms with Crippen LogP contribution >= 0.6 is 0 Å². The SMILES string of the molecule is c1cc(CN[C@H]2CCCc3ccccc32)cc(Oc2ccncc2)c1. The number of aromatic nitrogens is 1. The fourth-order valence-corrected chi connectivity index (χ4v) is 3.47. The van der Waals surface area contributed by atoms with Gasteiger partial charge < -0.3 is 10.1 Å². The van der Waals surface area contributed by atoms with Gasteiger partial charge in [0.2, 0.25) is 0 Å². The maximum atomic E-state index is 5.90. The molecule has 1 aliphatic rings. The van der Waals surface area contributed by atoms with Gasteiger partial charge in [0.15, 0.2) is 0 Å². The van der Waals surface area contributed by atoms with Gasteiger partial charge >= 0.3 is 0 Å². The number of nitrogens with one attached hydrogen (secondary N) is 1. The molecule has 1 aliphatic carbocycles. The number of aryl methyl sites for hydroxylation is 1. The Balaban J connectivity index is 1.43. The molecule has 0 bridgehead atoms. The Morgan fingerprint density at radius 3 is 2.76 bits per heavy atom. The number of hydrogen-bond donors (Lipinski definition) is 1. The minimum atomic E-state index is 0.440. The van der Waals surface area contributed by atoms with E-state index in [1.54, 1.807) is 12.4 Å². The number of benzene rings is 2. The van der Waals surface area contributed by atoms with Crippen LogP contribution in [-0.2, 0) is 13.0 Å². The van der Waals surface area contributed by atoms with Gasteiger partial charge in [-0.3, -0.25) is 4.98 Å². The third kappa shape index (κ3) is 3.89. The standard InChI is InChI=1S/C22H22N2O/c1-2-9-21-18(6-1)7-4-10-22(21)24-16-17-5-3-8-20(15-17)25-19-11-13-23-14-12-19/h1-3,5-6,8-9,11-15,22,24H,4,7,10,16H2/t22-/m0/s1. The molecule has 0 saturated carbocycles. The molecule has 3 nitrogen and oxygen atoms in total. The van der Waals surface area contributed by atoms with E-state index in [-0.39, 0.29) is 0 Å². The molecule has 1 heterocycles. The lowest BCUT2D eigenvalue weighted by molar-refractivity contribution is 0.456. The number of hydrogen-bond acceptors (Lipinski definition) is 3. The molecule has 0 unspecified atom stereocenters. The summed E-state index contributed by atoms with van der Waals surface area (Å²) < 4.78 is 5.90. The van der Waals surface area contributed by atoms with Crippen molar-refractivity contribution in [3.05, 3.63) is 89.7 Å². The Morgan fingerprint density at radius 1 is 0.960 bits per heavy atom. The summed E-state index contributed by atoms with van der Waals surface area (Å²) in [4.78, 5) is 4.01. The lowest BCUT2D eigenvalue weighted by Gasteiger charge is -2.26. The molecule has 25 heavy (non-hydrogen) atoms. The van der Waals surface area contributed by atoms with Crippen LogP contribution in [0.1, 0.15) is 35.6 Å². The highest BCUT2D eigenvalue weighted by molar-refractivity contribution is 5.34. The Morgan fingerprint density at radius 2 is 1.84 bits per heavy atom. The molecule has 2 aromatic carbocycles. The summed E-state index contributed by atoms with van der Waals surface area (Å²) in [5.41, 5.74) is 4.17. The first-order chi connectivity index (χ1) is 12.4. The average Bonchev–Trinajstić information content (AvgIpc) is 2.67. The molecule has 3 aromatic rings. The van der Waals surface area contributed by atoms with Crippen molar-refractivity contribution in [3.8, 4) is 11.5 Å². The third-order valence-electron chi connectivity index (χ3n) is 4.71. The van der Waals surface area contributed by atoms with Gasteiger partial charge in [-0.15, -0.1) is 0 Å². The summed E-state index contributed by atoms with van der Waals surface area (Å²) in [5.74, 6) is 1.66. The zero-order chi connectivity index (χ0) is 16.9. The monoisotopic (exact) mass is 330 g/mol. The summed E-state index contributed by atoms with van der Waals surface area (Å²) in [6, 6.07) is 21.2. The van der Waals surface area contributed by atoms with Crippen LogP contribution in [0, 0.1) is 0 Å². The number of fused-ring (bicyclic) bond motifs is 1. The maximum absolute atomic E-state index is 5.90. The lowest BCUT2D eigenvalue weighted by atomic mass is 9.87. The Hall–Kier alpha value is -2.65. The fourth-order valence-electron chi connectivity index (χ4n) is 3.47. The Bertz CT molecular complexity index is 832. The van der Waals surface area contributed by atoms with Gasteiger partial charge in [-0.05, 0) is 60.2 Å². The van der Waals surface area contributed by atoms with Crippen molar-refractivity contribution in [1.82, 2.24) is 10.3 Å². The molecule has 3 heteroatoms. The van der Waals surface area contributed by atoms with Gasteiger partial charge in [0.1, 0.15) is 11.5 Å². The first kappa shape index (κ1) is 15.9. The predicted molar refractivity (Wildman–Crippen MR) is 99.7 cm³/mol. The van der Waals surface area contributed by atoms with Gasteiger partial charge in [0.05, 0.1) is 0 Å². The smallest absolute Gasteiger partial charge is 0.130 e. The van der Waals surface area contributed by atoms with E-state index in [0.29, 0.717) is 6.04 Å². The molecular weight excluding hydrogens is 308 g/mol. The second kappa shape index (κ2) is 7.49. The van der Waals surface area contributed by atoms with Crippen LogP contribution in [0.2, 0.25) is 0 Å². The molecule has 1 atom stereocenters. The molecule has 1 N–H and O–H groups in total. The predicted octanol–water partition coefficient (Wildman–Crippen LogP) is 5.04. The van der Waals surface area contributed by atoms with Crippen molar-refractivity contribution in [2.75, 3.05) is 0 Å². The van der Waals surface area contributed by atoms with Crippen molar-refractivity contribution in [2.45, 2.75) is 31.8 Å². The van der Waals surface area contributed by atoms with Crippen molar-refractivity contribution in [3.63, 3.8) is 0 Å². The van der Waals surface area contributed by atoms with Crippen LogP contribution in [0.3, 0.4) is 0 Å². The van der Waals surface area contributed by atoms with Crippen LogP contribution in [0.4, 0.5) is 0 Å². The van der Waals surface area contributed by atoms with Crippen LogP contribution in [-0.4, -0.2) is 4.98 Å². The second-order valence-electron chi connectivity index (χ2n) is 6.46. The Kier molecular flexibility index (Phi) is 4.75. The lowest BCUT2D eigenvalue weighted by Crippen LogP contribution is -2.24. The summed E-state index contributed by atoms with van der Waals surface area (Å²) in [5, 5.41) is 3.72. The highest BCUT2D eigenvalue weighted by Crippen LogP contribution is 2.30. The molecule has 0 spiro atoms. The number of pyridine rings is 1. The van der Waals surface area contributed by atoms with Crippen molar-refractivity contribution >= 4 is 0 Å². The van der Waals surface area contributed by atoms with Crippen molar-refractivity contribution in [2.24, 2.45) is 0 Å². The summed E-state index contributed by atoms with van der Waals surface area (Å²) in [7, 11) is 0. The fraction of sp³-hybridized carbons (Fsp3) is 0.227. The molecule has 0 radical (unpaired) electrons. The minimum absolute atomic E-state index is 0.440. The number of nitrogens with zero attached hydrogens (tertiary/aromatic N) is 1. The highest BCUT2D eigenvalue weighted by atomic mass is 16.5. The van der Waals surface area contributed by atoms with E-state index in [1.807, 2.05) is 24.3 Å². The van der Waals surface area contributed by atoms with Gasteiger partial charge in [-0.1, -0.05) is 36.4 Å². The van der Waals surface area contributed by atoms with Gasteiger partial charge in [0.25, 0.3) is 0 Å². The van der Waals surface area contributed by atoms with E-state index < -0.39 is 0 Å². The second-order valence-corrected chi connectivity index (χ2v) is 6.46. The zero-order valence-corrected chi connectivity index (χ0v) is 14.2. The molecule has 0 fully saturated rings. The van der Waals surface area contributed by atoms with Crippen LogP contribution < -0.4 is 10.1 Å². The minimum Gasteiger partial charge on any atom is -0.457 e. The van der Waals surface area contributed by atoms with Crippen LogP contribution in [0.25, 0.3) is 0 Å². The van der Waals surface area contributed by atoms with Gasteiger partial charge in [-0.2, -0.15) is 0 Å². The van der Waals surface area contributed by atoms with Crippen molar-refractivity contribution in [1.29, 1.82) is 0 Å². The van der Waals surface area contributed by atoms with Gasteiger partial charge in [0, 0.05) is 25.0 Å². The molecule has 4 rings (SSSR count). The third-order valence-corrected chi connectivity index (χ3v) is 4.71. The molecule has 1 aromatic heterocycles. The molecule has 126 valence electrons. The van der Waals surface area contributed by atoms with E-state index in [0.717, 1.165) is 18.0 Å².